The molecule has 0 bridgehead atoms. The first-order valence-electron chi connectivity index (χ1n) is 9.37. The van der Waals surface area contributed by atoms with Gasteiger partial charge in [-0.2, -0.15) is 0 Å². The van der Waals surface area contributed by atoms with Crippen LogP contribution in [0.1, 0.15) is 87.9 Å². The van der Waals surface area contributed by atoms with Gasteiger partial charge in [-0.25, -0.2) is 4.79 Å². The average Bonchev–Trinajstić information content (AvgIpc) is 2.58. The van der Waals surface area contributed by atoms with Crippen molar-refractivity contribution in [1.82, 2.24) is 0 Å². The summed E-state index contributed by atoms with van der Waals surface area (Å²) in [5, 5.41) is 0.455. The number of esters is 1. The van der Waals surface area contributed by atoms with E-state index in [1.54, 1.807) is 18.2 Å². The number of unbranched alkanes of at least 4 members (excludes halogenated alkanes) is 10. The number of nitrogen functional groups attached to an aromatic ring is 1. The molecule has 0 saturated heterocycles. The van der Waals surface area contributed by atoms with Gasteiger partial charge in [-0.15, -0.1) is 0 Å². The number of ether oxygens (including phenoxy) is 1. The van der Waals surface area contributed by atoms with Gasteiger partial charge in [0.2, 0.25) is 0 Å². The summed E-state index contributed by atoms with van der Waals surface area (Å²) in [6.07, 6.45) is 14.1. The van der Waals surface area contributed by atoms with Crippen LogP contribution in [0.2, 0.25) is 5.02 Å². The topological polar surface area (TPSA) is 52.3 Å². The van der Waals surface area contributed by atoms with Gasteiger partial charge >= 0.3 is 5.97 Å². The minimum absolute atomic E-state index is 0.328. The predicted octanol–water partition coefficient (Wildman–Crippen LogP) is 6.39. The lowest BCUT2D eigenvalue weighted by molar-refractivity contribution is 0.0497. The van der Waals surface area contributed by atoms with Crippen LogP contribution < -0.4 is 5.73 Å². The Balaban J connectivity index is 1.96. The lowest BCUT2D eigenvalue weighted by Crippen LogP contribution is -2.07. The molecular weight excluding hydrogens is 322 g/mol. The molecule has 0 heterocycles. The Kier molecular flexibility index (Phi) is 11.4. The molecule has 1 aromatic rings. The first kappa shape index (κ1) is 20.8. The summed E-state index contributed by atoms with van der Waals surface area (Å²) >= 11 is 5.84. The Morgan fingerprint density at radius 1 is 0.958 bits per heavy atom. The van der Waals surface area contributed by atoms with Crippen LogP contribution in [0.4, 0.5) is 5.69 Å². The zero-order valence-corrected chi connectivity index (χ0v) is 15.7. The number of rotatable bonds is 13. The van der Waals surface area contributed by atoms with Crippen molar-refractivity contribution in [3.8, 4) is 0 Å². The fourth-order valence-corrected chi connectivity index (χ4v) is 2.80. The maximum atomic E-state index is 11.9. The minimum Gasteiger partial charge on any atom is -0.462 e. The zero-order chi connectivity index (χ0) is 17.6. The van der Waals surface area contributed by atoms with Crippen LogP contribution in [-0.4, -0.2) is 12.6 Å². The van der Waals surface area contributed by atoms with E-state index < -0.39 is 0 Å². The molecule has 2 N–H and O–H groups in total. The van der Waals surface area contributed by atoms with E-state index in [1.807, 2.05) is 0 Å². The molecular formula is C20H32ClNO2. The quantitative estimate of drug-likeness (QED) is 0.254. The molecule has 3 nitrogen and oxygen atoms in total. The third kappa shape index (κ3) is 9.17. The molecule has 24 heavy (non-hydrogen) atoms. The Hall–Kier alpha value is -1.22. The Bertz CT molecular complexity index is 477. The van der Waals surface area contributed by atoms with E-state index in [0.29, 0.717) is 22.9 Å². The van der Waals surface area contributed by atoms with Gasteiger partial charge in [-0.05, 0) is 24.6 Å². The van der Waals surface area contributed by atoms with E-state index in [0.717, 1.165) is 12.8 Å². The first-order chi connectivity index (χ1) is 11.6. The van der Waals surface area contributed by atoms with E-state index in [4.69, 9.17) is 22.1 Å². The van der Waals surface area contributed by atoms with Gasteiger partial charge in [0.25, 0.3) is 0 Å². The van der Waals surface area contributed by atoms with Crippen LogP contribution in [0.15, 0.2) is 18.2 Å². The van der Waals surface area contributed by atoms with Crippen molar-refractivity contribution in [2.45, 2.75) is 77.6 Å². The van der Waals surface area contributed by atoms with Crippen LogP contribution in [-0.2, 0) is 4.74 Å². The number of halogens is 1. The summed E-state index contributed by atoms with van der Waals surface area (Å²) in [5.74, 6) is -0.328. The second kappa shape index (κ2) is 13.1. The molecule has 0 fully saturated rings. The number of nitrogens with two attached hydrogens (primary N) is 1. The summed E-state index contributed by atoms with van der Waals surface area (Å²) in [4.78, 5) is 11.9. The molecule has 136 valence electrons. The summed E-state index contributed by atoms with van der Waals surface area (Å²) < 4.78 is 5.27. The maximum Gasteiger partial charge on any atom is 0.338 e. The standard InChI is InChI=1S/C20H32ClNO2/c1-2-3-4-5-6-7-8-9-10-11-12-15-24-20(23)17-13-14-18(21)19(22)16-17/h13-14,16H,2-12,15,22H2,1H3. The van der Waals surface area contributed by atoms with Crippen molar-refractivity contribution in [2.24, 2.45) is 0 Å². The molecule has 0 aliphatic carbocycles. The van der Waals surface area contributed by atoms with Crippen molar-refractivity contribution in [3.63, 3.8) is 0 Å². The average molecular weight is 354 g/mol. The molecule has 0 unspecified atom stereocenters. The van der Waals surface area contributed by atoms with Crippen LogP contribution in [0.5, 0.6) is 0 Å². The van der Waals surface area contributed by atoms with Crippen LogP contribution >= 0.6 is 11.6 Å². The lowest BCUT2D eigenvalue weighted by atomic mass is 10.1. The molecule has 0 aromatic heterocycles. The number of hydrogen-bond donors (Lipinski definition) is 1. The molecule has 0 spiro atoms. The Morgan fingerprint density at radius 2 is 1.50 bits per heavy atom. The molecule has 1 rings (SSSR count). The van der Waals surface area contributed by atoms with Gasteiger partial charge in [0, 0.05) is 0 Å². The molecule has 0 aliphatic rings. The van der Waals surface area contributed by atoms with E-state index in [1.165, 1.54) is 57.8 Å². The fraction of sp³-hybridized carbons (Fsp3) is 0.650. The van der Waals surface area contributed by atoms with Crippen LogP contribution in [0, 0.1) is 0 Å². The SMILES string of the molecule is CCCCCCCCCCCCCOC(=O)c1ccc(Cl)c(N)c1. The molecule has 0 radical (unpaired) electrons. The fourth-order valence-electron chi connectivity index (χ4n) is 2.69. The van der Waals surface area contributed by atoms with Crippen molar-refractivity contribution >= 4 is 23.3 Å². The van der Waals surface area contributed by atoms with E-state index in [-0.39, 0.29) is 5.97 Å². The van der Waals surface area contributed by atoms with E-state index >= 15 is 0 Å². The molecule has 4 heteroatoms. The van der Waals surface area contributed by atoms with Crippen LogP contribution in [0.25, 0.3) is 0 Å². The molecule has 0 aliphatic heterocycles. The second-order valence-corrected chi connectivity index (χ2v) is 6.81. The summed E-state index contributed by atoms with van der Waals surface area (Å²) in [7, 11) is 0. The van der Waals surface area contributed by atoms with Gasteiger partial charge in [0.15, 0.2) is 0 Å². The van der Waals surface area contributed by atoms with E-state index in [9.17, 15) is 4.79 Å². The highest BCUT2D eigenvalue weighted by Crippen LogP contribution is 2.20. The predicted molar refractivity (Wildman–Crippen MR) is 103 cm³/mol. The van der Waals surface area contributed by atoms with Gasteiger partial charge in [-0.3, -0.25) is 0 Å². The monoisotopic (exact) mass is 353 g/mol. The summed E-state index contributed by atoms with van der Waals surface area (Å²) in [6, 6.07) is 4.82. The first-order valence-corrected chi connectivity index (χ1v) is 9.75. The van der Waals surface area contributed by atoms with Gasteiger partial charge in [-0.1, -0.05) is 82.7 Å². The number of hydrogen-bond acceptors (Lipinski definition) is 3. The molecule has 0 saturated carbocycles. The largest absolute Gasteiger partial charge is 0.462 e. The second-order valence-electron chi connectivity index (χ2n) is 6.41. The number of benzene rings is 1. The maximum absolute atomic E-state index is 11.9. The summed E-state index contributed by atoms with van der Waals surface area (Å²) in [5.41, 5.74) is 6.55. The van der Waals surface area contributed by atoms with Crippen LogP contribution in [0.3, 0.4) is 0 Å². The molecule has 0 amide bonds. The molecule has 1 aromatic carbocycles. The lowest BCUT2D eigenvalue weighted by Gasteiger charge is -2.06. The highest BCUT2D eigenvalue weighted by atomic mass is 35.5. The van der Waals surface area contributed by atoms with Gasteiger partial charge in [0.05, 0.1) is 22.9 Å². The third-order valence-electron chi connectivity index (χ3n) is 4.21. The highest BCUT2D eigenvalue weighted by molar-refractivity contribution is 6.33. The number of carbonyl (C=O) groups is 1. The number of anilines is 1. The van der Waals surface area contributed by atoms with Crippen molar-refractivity contribution in [1.29, 1.82) is 0 Å². The zero-order valence-electron chi connectivity index (χ0n) is 15.0. The normalized spacial score (nSPS) is 10.8. The van der Waals surface area contributed by atoms with Crippen molar-refractivity contribution in [3.05, 3.63) is 28.8 Å². The van der Waals surface area contributed by atoms with Crippen molar-refractivity contribution in [2.75, 3.05) is 12.3 Å². The molecule has 0 atom stereocenters. The third-order valence-corrected chi connectivity index (χ3v) is 4.56. The van der Waals surface area contributed by atoms with Crippen molar-refractivity contribution < 1.29 is 9.53 Å². The Morgan fingerprint density at radius 3 is 2.04 bits per heavy atom. The minimum atomic E-state index is -0.328. The highest BCUT2D eigenvalue weighted by Gasteiger charge is 2.08. The van der Waals surface area contributed by atoms with E-state index in [2.05, 4.69) is 6.92 Å². The Labute approximate surface area is 151 Å². The van der Waals surface area contributed by atoms with Gasteiger partial charge in [0.1, 0.15) is 0 Å². The summed E-state index contributed by atoms with van der Waals surface area (Å²) in [6.45, 7) is 2.72. The van der Waals surface area contributed by atoms with Gasteiger partial charge < -0.3 is 10.5 Å². The number of carbonyl (C=O) groups excluding carboxylic acids is 1. The smallest absolute Gasteiger partial charge is 0.338 e.